The van der Waals surface area contributed by atoms with Crippen LogP contribution in [-0.4, -0.2) is 15.7 Å². The zero-order valence-corrected chi connectivity index (χ0v) is 12.4. The first kappa shape index (κ1) is 16.9. The molecule has 0 saturated heterocycles. The highest BCUT2D eigenvalue weighted by Crippen LogP contribution is 2.25. The third kappa shape index (κ3) is 4.73. The molecule has 1 atom stereocenters. The number of alkyl halides is 3. The van der Waals surface area contributed by atoms with Crippen LogP contribution < -0.4 is 16.6 Å². The van der Waals surface area contributed by atoms with Crippen molar-refractivity contribution in [3.05, 3.63) is 62.8 Å². The standard InChI is InChI=1S/C15H16F3N3O2/c1-10(8-15(16,17)18)21-13(22)7-12(20-14(21)23)19-9-11-5-3-2-4-6-11/h2-7,10,19H,8-9H2,1H3,(H,20,23). The van der Waals surface area contributed by atoms with Gasteiger partial charge in [0.05, 0.1) is 6.42 Å². The first-order valence-corrected chi connectivity index (χ1v) is 6.96. The highest BCUT2D eigenvalue weighted by Gasteiger charge is 2.31. The minimum absolute atomic E-state index is 0.166. The van der Waals surface area contributed by atoms with E-state index in [-0.39, 0.29) is 5.82 Å². The van der Waals surface area contributed by atoms with Crippen LogP contribution in [0.15, 0.2) is 46.0 Å². The number of aromatic amines is 1. The summed E-state index contributed by atoms with van der Waals surface area (Å²) < 4.78 is 37.8. The number of H-pyrrole nitrogens is 1. The van der Waals surface area contributed by atoms with Crippen LogP contribution in [0.1, 0.15) is 24.9 Å². The maximum absolute atomic E-state index is 12.4. The van der Waals surface area contributed by atoms with Gasteiger partial charge in [0.25, 0.3) is 5.56 Å². The van der Waals surface area contributed by atoms with Crippen molar-refractivity contribution < 1.29 is 13.2 Å². The zero-order valence-electron chi connectivity index (χ0n) is 12.4. The predicted molar refractivity (Wildman–Crippen MR) is 80.5 cm³/mol. The van der Waals surface area contributed by atoms with Gasteiger partial charge in [0, 0.05) is 18.7 Å². The monoisotopic (exact) mass is 327 g/mol. The summed E-state index contributed by atoms with van der Waals surface area (Å²) in [5.41, 5.74) is -0.714. The van der Waals surface area contributed by atoms with Crippen molar-refractivity contribution >= 4 is 5.82 Å². The van der Waals surface area contributed by atoms with Crippen molar-refractivity contribution in [2.45, 2.75) is 32.1 Å². The average Bonchev–Trinajstić information content (AvgIpc) is 2.43. The molecule has 1 aromatic carbocycles. The number of hydrogen-bond acceptors (Lipinski definition) is 3. The first-order chi connectivity index (χ1) is 10.8. The Labute approximate surface area is 129 Å². The molecule has 5 nitrogen and oxygen atoms in total. The topological polar surface area (TPSA) is 66.9 Å². The Morgan fingerprint density at radius 1 is 1.22 bits per heavy atom. The average molecular weight is 327 g/mol. The van der Waals surface area contributed by atoms with E-state index in [0.717, 1.165) is 11.6 Å². The van der Waals surface area contributed by atoms with Gasteiger partial charge in [0.15, 0.2) is 0 Å². The molecule has 2 aromatic rings. The fourth-order valence-corrected chi connectivity index (χ4v) is 2.24. The number of aromatic nitrogens is 2. The van der Waals surface area contributed by atoms with E-state index in [1.807, 2.05) is 30.3 Å². The number of anilines is 1. The summed E-state index contributed by atoms with van der Waals surface area (Å²) in [5.74, 6) is 0.166. The molecule has 0 radical (unpaired) electrons. The third-order valence-electron chi connectivity index (χ3n) is 3.26. The van der Waals surface area contributed by atoms with E-state index in [1.54, 1.807) is 0 Å². The normalized spacial score (nSPS) is 12.9. The Morgan fingerprint density at radius 2 is 1.87 bits per heavy atom. The summed E-state index contributed by atoms with van der Waals surface area (Å²) >= 11 is 0. The molecule has 0 spiro atoms. The van der Waals surface area contributed by atoms with Crippen molar-refractivity contribution in [2.75, 3.05) is 5.32 Å². The van der Waals surface area contributed by atoms with Crippen molar-refractivity contribution in [3.63, 3.8) is 0 Å². The molecule has 0 aliphatic carbocycles. The minimum atomic E-state index is -4.45. The van der Waals surface area contributed by atoms with Gasteiger partial charge in [-0.1, -0.05) is 30.3 Å². The Morgan fingerprint density at radius 3 is 2.43 bits per heavy atom. The summed E-state index contributed by atoms with van der Waals surface area (Å²) in [7, 11) is 0. The van der Waals surface area contributed by atoms with E-state index >= 15 is 0 Å². The van der Waals surface area contributed by atoms with Gasteiger partial charge in [-0.2, -0.15) is 13.2 Å². The van der Waals surface area contributed by atoms with Crippen LogP contribution in [0.5, 0.6) is 0 Å². The van der Waals surface area contributed by atoms with E-state index in [0.29, 0.717) is 11.1 Å². The number of nitrogens with zero attached hydrogens (tertiary/aromatic N) is 1. The van der Waals surface area contributed by atoms with Crippen molar-refractivity contribution in [3.8, 4) is 0 Å². The maximum atomic E-state index is 12.4. The Bertz CT molecular complexity index is 735. The molecule has 8 heteroatoms. The molecule has 23 heavy (non-hydrogen) atoms. The minimum Gasteiger partial charge on any atom is -0.367 e. The van der Waals surface area contributed by atoms with E-state index in [1.165, 1.54) is 6.92 Å². The lowest BCUT2D eigenvalue weighted by atomic mass is 10.2. The van der Waals surface area contributed by atoms with E-state index < -0.39 is 29.9 Å². The number of halogens is 3. The Hall–Kier alpha value is -2.51. The second-order valence-corrected chi connectivity index (χ2v) is 5.20. The fourth-order valence-electron chi connectivity index (χ4n) is 2.24. The quantitative estimate of drug-likeness (QED) is 0.887. The van der Waals surface area contributed by atoms with Crippen molar-refractivity contribution in [1.82, 2.24) is 9.55 Å². The van der Waals surface area contributed by atoms with Gasteiger partial charge < -0.3 is 5.32 Å². The first-order valence-electron chi connectivity index (χ1n) is 6.96. The molecule has 2 rings (SSSR count). The van der Waals surface area contributed by atoms with Gasteiger partial charge in [0.2, 0.25) is 0 Å². The molecular weight excluding hydrogens is 311 g/mol. The van der Waals surface area contributed by atoms with Gasteiger partial charge >= 0.3 is 11.9 Å². The molecule has 0 aliphatic rings. The second-order valence-electron chi connectivity index (χ2n) is 5.20. The molecule has 0 aliphatic heterocycles. The molecule has 124 valence electrons. The predicted octanol–water partition coefficient (Wildman–Crippen LogP) is 2.66. The van der Waals surface area contributed by atoms with Crippen molar-refractivity contribution in [1.29, 1.82) is 0 Å². The van der Waals surface area contributed by atoms with Crippen LogP contribution in [0.4, 0.5) is 19.0 Å². The van der Waals surface area contributed by atoms with E-state index in [2.05, 4.69) is 10.3 Å². The molecule has 0 bridgehead atoms. The summed E-state index contributed by atoms with van der Waals surface area (Å²) in [6.07, 6.45) is -5.69. The molecule has 1 unspecified atom stereocenters. The molecule has 0 saturated carbocycles. The molecule has 1 aromatic heterocycles. The SMILES string of the molecule is CC(CC(F)(F)F)n1c(=O)cc(NCc2ccccc2)[nH]c1=O. The van der Waals surface area contributed by atoms with Gasteiger partial charge in [-0.3, -0.25) is 14.3 Å². The number of nitrogens with one attached hydrogen (secondary N) is 2. The van der Waals surface area contributed by atoms with Crippen LogP contribution in [0.25, 0.3) is 0 Å². The lowest BCUT2D eigenvalue weighted by Crippen LogP contribution is -2.38. The maximum Gasteiger partial charge on any atom is 0.391 e. The zero-order chi connectivity index (χ0) is 17.0. The molecular formula is C15H16F3N3O2. The van der Waals surface area contributed by atoms with E-state index in [4.69, 9.17) is 0 Å². The lowest BCUT2D eigenvalue weighted by Gasteiger charge is -2.16. The smallest absolute Gasteiger partial charge is 0.367 e. The molecule has 1 heterocycles. The number of hydrogen-bond donors (Lipinski definition) is 2. The Kier molecular flexibility index (Phi) is 4.92. The van der Waals surface area contributed by atoms with Crippen LogP contribution in [-0.2, 0) is 6.54 Å². The van der Waals surface area contributed by atoms with Crippen LogP contribution in [0.3, 0.4) is 0 Å². The summed E-state index contributed by atoms with van der Waals surface area (Å²) in [6, 6.07) is 9.07. The highest BCUT2D eigenvalue weighted by atomic mass is 19.4. The molecule has 0 amide bonds. The second kappa shape index (κ2) is 6.72. The van der Waals surface area contributed by atoms with Crippen LogP contribution in [0.2, 0.25) is 0 Å². The fraction of sp³-hybridized carbons (Fsp3) is 0.333. The van der Waals surface area contributed by atoms with Crippen LogP contribution in [0, 0.1) is 0 Å². The lowest BCUT2D eigenvalue weighted by molar-refractivity contribution is -0.142. The highest BCUT2D eigenvalue weighted by molar-refractivity contribution is 5.33. The van der Waals surface area contributed by atoms with Gasteiger partial charge in [0.1, 0.15) is 5.82 Å². The third-order valence-corrected chi connectivity index (χ3v) is 3.26. The van der Waals surface area contributed by atoms with Crippen molar-refractivity contribution in [2.24, 2.45) is 0 Å². The summed E-state index contributed by atoms with van der Waals surface area (Å²) in [6.45, 7) is 1.56. The largest absolute Gasteiger partial charge is 0.391 e. The number of benzene rings is 1. The summed E-state index contributed by atoms with van der Waals surface area (Å²) in [4.78, 5) is 26.2. The van der Waals surface area contributed by atoms with Crippen LogP contribution >= 0.6 is 0 Å². The van der Waals surface area contributed by atoms with Gasteiger partial charge in [-0.15, -0.1) is 0 Å². The van der Waals surface area contributed by atoms with E-state index in [9.17, 15) is 22.8 Å². The van der Waals surface area contributed by atoms with Gasteiger partial charge in [-0.25, -0.2) is 4.79 Å². The molecule has 0 fully saturated rings. The summed E-state index contributed by atoms with van der Waals surface area (Å²) in [5, 5.41) is 2.87. The Balaban J connectivity index is 2.17. The van der Waals surface area contributed by atoms with Gasteiger partial charge in [-0.05, 0) is 12.5 Å². The molecule has 2 N–H and O–H groups in total. The number of rotatable bonds is 5.